The molecule has 1 N–H and O–H groups in total. The van der Waals surface area contributed by atoms with Gasteiger partial charge in [-0.1, -0.05) is 0 Å². The highest BCUT2D eigenvalue weighted by Gasteiger charge is 2.39. The molecule has 2 aliphatic rings. The molecule has 2 aliphatic heterocycles. The van der Waals surface area contributed by atoms with E-state index in [1.807, 2.05) is 0 Å². The van der Waals surface area contributed by atoms with Crippen LogP contribution in [0.4, 0.5) is 0 Å². The minimum Gasteiger partial charge on any atom is -0.383 e. The Bertz CT molecular complexity index is 467. The minimum atomic E-state index is -3.02. The molecule has 0 bridgehead atoms. The summed E-state index contributed by atoms with van der Waals surface area (Å²) in [6.45, 7) is 1.47. The zero-order valence-corrected chi connectivity index (χ0v) is 13.4. The molecule has 2 rings (SSSR count). The predicted molar refractivity (Wildman–Crippen MR) is 77.9 cm³/mol. The van der Waals surface area contributed by atoms with Gasteiger partial charge >= 0.3 is 0 Å². The second kappa shape index (κ2) is 7.04. The molecule has 2 heterocycles. The van der Waals surface area contributed by atoms with Gasteiger partial charge in [0.05, 0.1) is 30.3 Å². The second-order valence-corrected chi connectivity index (χ2v) is 7.86. The number of carbonyl (C=O) groups is 1. The highest BCUT2D eigenvalue weighted by atomic mass is 32.2. The molecule has 7 nitrogen and oxygen atoms in total. The maximum absolute atomic E-state index is 12.7. The summed E-state index contributed by atoms with van der Waals surface area (Å²) in [5.41, 5.74) is 0. The van der Waals surface area contributed by atoms with Crippen LogP contribution in [0.2, 0.25) is 0 Å². The Morgan fingerprint density at radius 2 is 2.14 bits per heavy atom. The van der Waals surface area contributed by atoms with Crippen LogP contribution < -0.4 is 5.32 Å². The van der Waals surface area contributed by atoms with Gasteiger partial charge in [0.2, 0.25) is 5.91 Å². The Morgan fingerprint density at radius 3 is 2.67 bits per heavy atom. The molecule has 8 heteroatoms. The van der Waals surface area contributed by atoms with Crippen LogP contribution in [0.15, 0.2) is 0 Å². The molecule has 3 unspecified atom stereocenters. The largest absolute Gasteiger partial charge is 0.383 e. The molecule has 0 saturated carbocycles. The Morgan fingerprint density at radius 1 is 1.38 bits per heavy atom. The summed E-state index contributed by atoms with van der Waals surface area (Å²) >= 11 is 0. The molecule has 0 aromatic rings. The molecular formula is C13H24N2O5S. The first kappa shape index (κ1) is 16.7. The first-order chi connectivity index (χ1) is 9.96. The summed E-state index contributed by atoms with van der Waals surface area (Å²) in [6.07, 6.45) is 1.17. The number of amides is 1. The molecule has 122 valence electrons. The van der Waals surface area contributed by atoms with Crippen molar-refractivity contribution in [3.05, 3.63) is 0 Å². The SMILES string of the molecule is COCCN(C(=O)C1CC(OC)CN1)C1CCS(=O)(=O)C1. The van der Waals surface area contributed by atoms with Crippen LogP contribution in [0.5, 0.6) is 0 Å². The molecule has 2 fully saturated rings. The van der Waals surface area contributed by atoms with Crippen molar-refractivity contribution >= 4 is 15.7 Å². The van der Waals surface area contributed by atoms with Gasteiger partial charge < -0.3 is 19.7 Å². The van der Waals surface area contributed by atoms with Gasteiger partial charge in [0.15, 0.2) is 9.84 Å². The van der Waals surface area contributed by atoms with Crippen molar-refractivity contribution in [3.8, 4) is 0 Å². The van der Waals surface area contributed by atoms with Crippen molar-refractivity contribution in [1.29, 1.82) is 0 Å². The van der Waals surface area contributed by atoms with Gasteiger partial charge in [0.25, 0.3) is 0 Å². The summed E-state index contributed by atoms with van der Waals surface area (Å²) in [5.74, 6) is 0.171. The van der Waals surface area contributed by atoms with Crippen LogP contribution in [0.25, 0.3) is 0 Å². The van der Waals surface area contributed by atoms with Crippen LogP contribution in [-0.4, -0.2) is 82.8 Å². The van der Waals surface area contributed by atoms with Crippen molar-refractivity contribution in [1.82, 2.24) is 10.2 Å². The molecule has 21 heavy (non-hydrogen) atoms. The van der Waals surface area contributed by atoms with Crippen molar-refractivity contribution in [2.75, 3.05) is 45.4 Å². The number of hydrogen-bond donors (Lipinski definition) is 1. The number of hydrogen-bond acceptors (Lipinski definition) is 6. The monoisotopic (exact) mass is 320 g/mol. The van der Waals surface area contributed by atoms with Crippen LogP contribution in [-0.2, 0) is 24.1 Å². The number of rotatable bonds is 6. The average molecular weight is 320 g/mol. The van der Waals surface area contributed by atoms with E-state index in [0.717, 1.165) is 0 Å². The van der Waals surface area contributed by atoms with Crippen LogP contribution >= 0.6 is 0 Å². The highest BCUT2D eigenvalue weighted by Crippen LogP contribution is 2.21. The van der Waals surface area contributed by atoms with E-state index >= 15 is 0 Å². The molecule has 1 amide bonds. The Balaban J connectivity index is 2.03. The maximum atomic E-state index is 12.7. The van der Waals surface area contributed by atoms with Gasteiger partial charge in [-0.25, -0.2) is 8.42 Å². The fourth-order valence-electron chi connectivity index (χ4n) is 2.95. The van der Waals surface area contributed by atoms with Crippen LogP contribution in [0.3, 0.4) is 0 Å². The topological polar surface area (TPSA) is 84.9 Å². The average Bonchev–Trinajstić information content (AvgIpc) is 3.05. The van der Waals surface area contributed by atoms with E-state index in [0.29, 0.717) is 32.5 Å². The van der Waals surface area contributed by atoms with Gasteiger partial charge in [-0.15, -0.1) is 0 Å². The lowest BCUT2D eigenvalue weighted by Crippen LogP contribution is -2.50. The third kappa shape index (κ3) is 4.15. The summed E-state index contributed by atoms with van der Waals surface area (Å²) in [4.78, 5) is 14.3. The molecule has 0 aromatic carbocycles. The highest BCUT2D eigenvalue weighted by molar-refractivity contribution is 7.91. The van der Waals surface area contributed by atoms with Gasteiger partial charge in [-0.3, -0.25) is 4.79 Å². The van der Waals surface area contributed by atoms with Crippen molar-refractivity contribution in [2.45, 2.75) is 31.0 Å². The third-order valence-corrected chi connectivity index (χ3v) is 5.94. The molecule has 0 radical (unpaired) electrons. The first-order valence-corrected chi connectivity index (χ1v) is 9.05. The van der Waals surface area contributed by atoms with Gasteiger partial charge in [-0.2, -0.15) is 0 Å². The van der Waals surface area contributed by atoms with Gasteiger partial charge in [0, 0.05) is 33.4 Å². The third-order valence-electron chi connectivity index (χ3n) is 4.19. The molecule has 2 saturated heterocycles. The Kier molecular flexibility index (Phi) is 5.59. The molecule has 3 atom stereocenters. The second-order valence-electron chi connectivity index (χ2n) is 5.64. The molecular weight excluding hydrogens is 296 g/mol. The van der Waals surface area contributed by atoms with E-state index in [2.05, 4.69) is 5.32 Å². The minimum absolute atomic E-state index is 0.0375. The lowest BCUT2D eigenvalue weighted by atomic mass is 10.1. The maximum Gasteiger partial charge on any atom is 0.240 e. The number of nitrogens with one attached hydrogen (secondary N) is 1. The van der Waals surface area contributed by atoms with Gasteiger partial charge in [0.1, 0.15) is 0 Å². The number of ether oxygens (including phenoxy) is 2. The summed E-state index contributed by atoms with van der Waals surface area (Å²) in [6, 6.07) is -0.531. The Labute approximate surface area is 125 Å². The summed E-state index contributed by atoms with van der Waals surface area (Å²) in [5, 5.41) is 3.15. The predicted octanol–water partition coefficient (Wildman–Crippen LogP) is -0.975. The normalized spacial score (nSPS) is 31.4. The lowest BCUT2D eigenvalue weighted by Gasteiger charge is -2.30. The molecule has 0 aliphatic carbocycles. The van der Waals surface area contributed by atoms with Crippen molar-refractivity contribution in [3.63, 3.8) is 0 Å². The summed E-state index contributed by atoms with van der Waals surface area (Å²) in [7, 11) is 0.185. The van der Waals surface area contributed by atoms with E-state index in [9.17, 15) is 13.2 Å². The van der Waals surface area contributed by atoms with Crippen molar-refractivity contribution < 1.29 is 22.7 Å². The van der Waals surface area contributed by atoms with Crippen LogP contribution in [0.1, 0.15) is 12.8 Å². The number of sulfone groups is 1. The molecule has 0 spiro atoms. The fraction of sp³-hybridized carbons (Fsp3) is 0.923. The van der Waals surface area contributed by atoms with E-state index in [1.165, 1.54) is 0 Å². The number of methoxy groups -OCH3 is 2. The van der Waals surface area contributed by atoms with E-state index in [1.54, 1.807) is 19.1 Å². The van der Waals surface area contributed by atoms with E-state index in [-0.39, 0.29) is 35.6 Å². The summed E-state index contributed by atoms with van der Waals surface area (Å²) < 4.78 is 33.6. The Hall–Kier alpha value is -0.700. The number of nitrogens with zero attached hydrogens (tertiary/aromatic N) is 1. The number of carbonyl (C=O) groups excluding carboxylic acids is 1. The standard InChI is InChI=1S/C13H24N2O5S/c1-19-5-4-15(10-3-6-21(17,18)9-10)13(16)12-7-11(20-2)8-14-12/h10-12,14H,3-9H2,1-2H3. The van der Waals surface area contributed by atoms with Crippen molar-refractivity contribution in [2.24, 2.45) is 0 Å². The first-order valence-electron chi connectivity index (χ1n) is 7.23. The van der Waals surface area contributed by atoms with E-state index < -0.39 is 9.84 Å². The zero-order valence-electron chi connectivity index (χ0n) is 12.6. The quantitative estimate of drug-likeness (QED) is 0.677. The fourth-order valence-corrected chi connectivity index (χ4v) is 4.69. The lowest BCUT2D eigenvalue weighted by molar-refractivity contribution is -0.135. The van der Waals surface area contributed by atoms with Crippen LogP contribution in [0, 0.1) is 0 Å². The zero-order chi connectivity index (χ0) is 15.5. The smallest absolute Gasteiger partial charge is 0.240 e. The molecule has 0 aromatic heterocycles. The van der Waals surface area contributed by atoms with Gasteiger partial charge in [-0.05, 0) is 12.8 Å². The van der Waals surface area contributed by atoms with E-state index in [4.69, 9.17) is 9.47 Å².